The van der Waals surface area contributed by atoms with Gasteiger partial charge in [-0.3, -0.25) is 4.79 Å². The van der Waals surface area contributed by atoms with Crippen molar-refractivity contribution in [3.05, 3.63) is 29.8 Å². The molecule has 0 aromatic heterocycles. The zero-order valence-electron chi connectivity index (χ0n) is 13.7. The van der Waals surface area contributed by atoms with Crippen molar-refractivity contribution < 1.29 is 9.53 Å². The van der Waals surface area contributed by atoms with Gasteiger partial charge in [-0.15, -0.1) is 12.4 Å². The number of nitrogens with zero attached hydrogens (tertiary/aromatic N) is 1. The van der Waals surface area contributed by atoms with E-state index in [1.165, 1.54) is 5.56 Å². The summed E-state index contributed by atoms with van der Waals surface area (Å²) in [6.45, 7) is 6.10. The molecule has 1 aromatic carbocycles. The summed E-state index contributed by atoms with van der Waals surface area (Å²) >= 11 is 0. The van der Waals surface area contributed by atoms with Crippen LogP contribution in [0.25, 0.3) is 0 Å². The monoisotopic (exact) mass is 326 g/mol. The molecular formula is C17H27ClN2O2. The van der Waals surface area contributed by atoms with E-state index in [-0.39, 0.29) is 18.3 Å². The molecule has 1 aliphatic rings. The Morgan fingerprint density at radius 1 is 1.32 bits per heavy atom. The van der Waals surface area contributed by atoms with E-state index in [4.69, 9.17) is 4.74 Å². The Morgan fingerprint density at radius 3 is 2.59 bits per heavy atom. The van der Waals surface area contributed by atoms with Gasteiger partial charge in [-0.1, -0.05) is 17.7 Å². The van der Waals surface area contributed by atoms with Crippen molar-refractivity contribution in [3.63, 3.8) is 0 Å². The van der Waals surface area contributed by atoms with Gasteiger partial charge >= 0.3 is 0 Å². The summed E-state index contributed by atoms with van der Waals surface area (Å²) in [4.78, 5) is 14.3. The highest BCUT2D eigenvalue weighted by atomic mass is 35.5. The van der Waals surface area contributed by atoms with Crippen molar-refractivity contribution in [2.75, 3.05) is 26.7 Å². The first-order valence-corrected chi connectivity index (χ1v) is 7.71. The number of ether oxygens (including phenoxy) is 1. The van der Waals surface area contributed by atoms with E-state index < -0.39 is 5.54 Å². The minimum absolute atomic E-state index is 0. The number of nitrogens with one attached hydrogen (secondary N) is 1. The van der Waals surface area contributed by atoms with E-state index >= 15 is 0 Å². The second kappa shape index (κ2) is 8.39. The second-order valence-corrected chi connectivity index (χ2v) is 6.10. The number of aryl methyl sites for hydroxylation is 1. The van der Waals surface area contributed by atoms with Gasteiger partial charge < -0.3 is 15.0 Å². The largest absolute Gasteiger partial charge is 0.492 e. The average Bonchev–Trinajstić information content (AvgIpc) is 2.49. The van der Waals surface area contributed by atoms with E-state index in [9.17, 15) is 4.79 Å². The molecule has 1 atom stereocenters. The summed E-state index contributed by atoms with van der Waals surface area (Å²) < 4.78 is 5.69. The highest BCUT2D eigenvalue weighted by Gasteiger charge is 2.36. The molecule has 0 spiro atoms. The average molecular weight is 327 g/mol. The molecule has 22 heavy (non-hydrogen) atoms. The first-order chi connectivity index (χ1) is 10.0. The maximum absolute atomic E-state index is 12.5. The predicted octanol–water partition coefficient (Wildman–Crippen LogP) is 2.79. The summed E-state index contributed by atoms with van der Waals surface area (Å²) in [5.41, 5.74) is 0.808. The summed E-state index contributed by atoms with van der Waals surface area (Å²) in [7, 11) is 1.85. The third kappa shape index (κ3) is 4.89. The van der Waals surface area contributed by atoms with Gasteiger partial charge in [0.25, 0.3) is 0 Å². The van der Waals surface area contributed by atoms with Gasteiger partial charge in [0, 0.05) is 7.05 Å². The van der Waals surface area contributed by atoms with Crippen LogP contribution in [0.2, 0.25) is 0 Å². The van der Waals surface area contributed by atoms with Gasteiger partial charge in [-0.05, 0) is 51.8 Å². The molecule has 1 heterocycles. The third-order valence-electron chi connectivity index (χ3n) is 4.15. The lowest BCUT2D eigenvalue weighted by Crippen LogP contribution is -2.57. The van der Waals surface area contributed by atoms with Crippen LogP contribution in [0.3, 0.4) is 0 Å². The normalized spacial score (nSPS) is 20.9. The number of hydrogen-bond donors (Lipinski definition) is 1. The Labute approximate surface area is 139 Å². The van der Waals surface area contributed by atoms with Crippen LogP contribution in [0, 0.1) is 6.92 Å². The number of carbonyl (C=O) groups excluding carboxylic acids is 1. The first kappa shape index (κ1) is 18.8. The zero-order chi connectivity index (χ0) is 15.3. The fraction of sp³-hybridized carbons (Fsp3) is 0.588. The molecule has 0 saturated carbocycles. The molecule has 124 valence electrons. The zero-order valence-corrected chi connectivity index (χ0v) is 14.5. The number of rotatable bonds is 5. The quantitative estimate of drug-likeness (QED) is 0.904. The van der Waals surface area contributed by atoms with E-state index in [1.54, 1.807) is 4.90 Å². The molecule has 2 rings (SSSR count). The van der Waals surface area contributed by atoms with E-state index in [0.717, 1.165) is 31.6 Å². The van der Waals surface area contributed by atoms with Crippen molar-refractivity contribution in [3.8, 4) is 5.75 Å². The lowest BCUT2D eigenvalue weighted by atomic mass is 9.89. The summed E-state index contributed by atoms with van der Waals surface area (Å²) in [6, 6.07) is 7.97. The van der Waals surface area contributed by atoms with Gasteiger partial charge in [0.2, 0.25) is 5.91 Å². The van der Waals surface area contributed by atoms with Crippen molar-refractivity contribution in [2.45, 2.75) is 38.6 Å². The molecule has 1 aromatic rings. The number of amides is 1. The molecule has 4 nitrogen and oxygen atoms in total. The Morgan fingerprint density at radius 2 is 2.00 bits per heavy atom. The lowest BCUT2D eigenvalue weighted by Gasteiger charge is -2.36. The Kier molecular flexibility index (Phi) is 7.17. The molecule has 0 bridgehead atoms. The van der Waals surface area contributed by atoms with Crippen LogP contribution in [0.4, 0.5) is 0 Å². The molecular weight excluding hydrogens is 300 g/mol. The van der Waals surface area contributed by atoms with Crippen molar-refractivity contribution in [1.29, 1.82) is 0 Å². The molecule has 0 aliphatic carbocycles. The smallest absolute Gasteiger partial charge is 0.242 e. The summed E-state index contributed by atoms with van der Waals surface area (Å²) in [6.07, 6.45) is 3.18. The number of likely N-dealkylation sites (N-methyl/N-ethyl adjacent to an activating group) is 1. The number of hydrogen-bond acceptors (Lipinski definition) is 3. The number of halogens is 1. The molecule has 1 amide bonds. The van der Waals surface area contributed by atoms with Crippen LogP contribution in [0.5, 0.6) is 5.75 Å². The van der Waals surface area contributed by atoms with Crippen molar-refractivity contribution in [2.24, 2.45) is 0 Å². The molecule has 1 fully saturated rings. The Bertz CT molecular complexity index is 470. The van der Waals surface area contributed by atoms with E-state index in [2.05, 4.69) is 5.32 Å². The molecule has 1 N–H and O–H groups in total. The van der Waals surface area contributed by atoms with Gasteiger partial charge in [0.15, 0.2) is 0 Å². The van der Waals surface area contributed by atoms with Crippen molar-refractivity contribution in [1.82, 2.24) is 10.2 Å². The molecule has 1 saturated heterocycles. The minimum atomic E-state index is -0.406. The van der Waals surface area contributed by atoms with Gasteiger partial charge in [-0.25, -0.2) is 0 Å². The SMILES string of the molecule is Cc1ccc(OCCN(C)C(=O)C2(C)CCCCN2)cc1.Cl. The number of carbonyl (C=O) groups is 1. The number of piperidine rings is 1. The molecule has 1 unspecified atom stereocenters. The lowest BCUT2D eigenvalue weighted by molar-refractivity contribution is -0.137. The summed E-state index contributed by atoms with van der Waals surface area (Å²) in [5.74, 6) is 1.01. The van der Waals surface area contributed by atoms with Gasteiger partial charge in [-0.2, -0.15) is 0 Å². The van der Waals surface area contributed by atoms with Crippen LogP contribution in [0.1, 0.15) is 31.7 Å². The topological polar surface area (TPSA) is 41.6 Å². The van der Waals surface area contributed by atoms with E-state index in [1.807, 2.05) is 45.2 Å². The highest BCUT2D eigenvalue weighted by Crippen LogP contribution is 2.20. The predicted molar refractivity (Wildman–Crippen MR) is 91.8 cm³/mol. The number of benzene rings is 1. The molecule has 1 aliphatic heterocycles. The standard InChI is InChI=1S/C17H26N2O2.ClH/c1-14-6-8-15(9-7-14)21-13-12-19(3)16(20)17(2)10-4-5-11-18-17;/h6-9,18H,4-5,10-13H2,1-3H3;1H. The fourth-order valence-electron chi connectivity index (χ4n) is 2.70. The maximum Gasteiger partial charge on any atom is 0.242 e. The Balaban J connectivity index is 0.00000242. The van der Waals surface area contributed by atoms with Gasteiger partial charge in [0.1, 0.15) is 12.4 Å². The van der Waals surface area contributed by atoms with E-state index in [0.29, 0.717) is 13.2 Å². The first-order valence-electron chi connectivity index (χ1n) is 7.71. The maximum atomic E-state index is 12.5. The molecule has 5 heteroatoms. The highest BCUT2D eigenvalue weighted by molar-refractivity contribution is 5.86. The van der Waals surface area contributed by atoms with Crippen LogP contribution in [0.15, 0.2) is 24.3 Å². The van der Waals surface area contributed by atoms with Crippen LogP contribution in [-0.4, -0.2) is 43.1 Å². The van der Waals surface area contributed by atoms with Crippen molar-refractivity contribution >= 4 is 18.3 Å². The third-order valence-corrected chi connectivity index (χ3v) is 4.15. The van der Waals surface area contributed by atoms with Crippen LogP contribution >= 0.6 is 12.4 Å². The summed E-state index contributed by atoms with van der Waals surface area (Å²) in [5, 5.41) is 3.36. The Hall–Kier alpha value is -1.26. The fourth-order valence-corrected chi connectivity index (χ4v) is 2.70. The minimum Gasteiger partial charge on any atom is -0.492 e. The van der Waals surface area contributed by atoms with Crippen LogP contribution < -0.4 is 10.1 Å². The van der Waals surface area contributed by atoms with Gasteiger partial charge in [0.05, 0.1) is 12.1 Å². The second-order valence-electron chi connectivity index (χ2n) is 6.10. The van der Waals surface area contributed by atoms with Crippen LogP contribution in [-0.2, 0) is 4.79 Å². The molecule has 0 radical (unpaired) electrons.